The predicted molar refractivity (Wildman–Crippen MR) is 55.9 cm³/mol. The van der Waals surface area contributed by atoms with E-state index in [9.17, 15) is 8.42 Å². The summed E-state index contributed by atoms with van der Waals surface area (Å²) in [5, 5.41) is 0. The molecule has 1 rings (SSSR count). The number of nitrogens with two attached hydrogens (primary N) is 1. The number of hydrogen-bond acceptors (Lipinski definition) is 3. The lowest BCUT2D eigenvalue weighted by Crippen LogP contribution is -2.41. The van der Waals surface area contributed by atoms with Crippen LogP contribution in [0.1, 0.15) is 19.3 Å². The van der Waals surface area contributed by atoms with Gasteiger partial charge in [0.2, 0.25) is 0 Å². The highest BCUT2D eigenvalue weighted by Crippen LogP contribution is 2.23. The number of hydrogen-bond donors (Lipinski definition) is 2. The molecule has 2 atom stereocenters. The fourth-order valence-electron chi connectivity index (χ4n) is 1.66. The van der Waals surface area contributed by atoms with Gasteiger partial charge in [0.15, 0.2) is 0 Å². The first-order valence-corrected chi connectivity index (χ1v) is 6.30. The molecule has 1 fully saturated rings. The third-order valence-corrected chi connectivity index (χ3v) is 4.22. The molecule has 1 aliphatic carbocycles. The summed E-state index contributed by atoms with van der Waals surface area (Å²) in [5.41, 5.74) is 5.84. The second-order valence-corrected chi connectivity index (χ2v) is 5.96. The summed E-state index contributed by atoms with van der Waals surface area (Å²) in [4.78, 5) is 0. The molecule has 3 N–H and O–H groups in total. The fourth-order valence-corrected chi connectivity index (χ4v) is 2.34. The van der Waals surface area contributed by atoms with E-state index in [2.05, 4.69) is 4.72 Å². The summed E-state index contributed by atoms with van der Waals surface area (Å²) in [6.45, 7) is 0.460. The van der Waals surface area contributed by atoms with E-state index in [0.29, 0.717) is 12.5 Å². The van der Waals surface area contributed by atoms with Crippen LogP contribution in [0.15, 0.2) is 0 Å². The second kappa shape index (κ2) is 4.57. The van der Waals surface area contributed by atoms with Crippen LogP contribution < -0.4 is 10.5 Å². The van der Waals surface area contributed by atoms with E-state index < -0.39 is 10.2 Å². The van der Waals surface area contributed by atoms with Crippen LogP contribution >= 0.6 is 0 Å². The molecule has 0 aromatic heterocycles. The van der Waals surface area contributed by atoms with Gasteiger partial charge in [-0.05, 0) is 18.8 Å². The topological polar surface area (TPSA) is 75.4 Å². The molecule has 84 valence electrons. The van der Waals surface area contributed by atoms with Crippen LogP contribution in [-0.2, 0) is 10.2 Å². The molecular formula is C8H19N3O2S. The van der Waals surface area contributed by atoms with Crippen molar-refractivity contribution in [3.63, 3.8) is 0 Å². The van der Waals surface area contributed by atoms with Gasteiger partial charge in [-0.15, -0.1) is 0 Å². The first kappa shape index (κ1) is 11.9. The van der Waals surface area contributed by atoms with Crippen LogP contribution in [-0.4, -0.2) is 39.4 Å². The fraction of sp³-hybridized carbons (Fsp3) is 1.00. The van der Waals surface area contributed by atoms with Crippen LogP contribution in [0, 0.1) is 5.92 Å². The molecule has 5 nitrogen and oxygen atoms in total. The monoisotopic (exact) mass is 221 g/mol. The lowest BCUT2D eigenvalue weighted by atomic mass is 10.1. The van der Waals surface area contributed by atoms with Crippen molar-refractivity contribution >= 4 is 10.2 Å². The van der Waals surface area contributed by atoms with Crippen molar-refractivity contribution in [3.05, 3.63) is 0 Å². The van der Waals surface area contributed by atoms with E-state index in [1.165, 1.54) is 18.4 Å². The zero-order valence-corrected chi connectivity index (χ0v) is 9.55. The Morgan fingerprint density at radius 3 is 2.50 bits per heavy atom. The first-order valence-electron chi connectivity index (χ1n) is 4.86. The predicted octanol–water partition coefficient (Wildman–Crippen LogP) is -0.490. The van der Waals surface area contributed by atoms with Gasteiger partial charge >= 0.3 is 0 Å². The number of rotatable bonds is 4. The van der Waals surface area contributed by atoms with Gasteiger partial charge in [-0.3, -0.25) is 0 Å². The molecule has 2 unspecified atom stereocenters. The molecular weight excluding hydrogens is 202 g/mol. The minimum atomic E-state index is -3.28. The Morgan fingerprint density at radius 1 is 1.43 bits per heavy atom. The summed E-state index contributed by atoms with van der Waals surface area (Å²) >= 11 is 0. The van der Waals surface area contributed by atoms with Gasteiger partial charge in [0.1, 0.15) is 0 Å². The van der Waals surface area contributed by atoms with Crippen molar-refractivity contribution in [3.8, 4) is 0 Å². The highest BCUT2D eigenvalue weighted by molar-refractivity contribution is 7.87. The summed E-state index contributed by atoms with van der Waals surface area (Å²) in [6, 6.07) is 0.153. The van der Waals surface area contributed by atoms with Gasteiger partial charge < -0.3 is 5.73 Å². The minimum Gasteiger partial charge on any atom is -0.327 e. The van der Waals surface area contributed by atoms with E-state index >= 15 is 0 Å². The first-order chi connectivity index (χ1) is 6.43. The quantitative estimate of drug-likeness (QED) is 0.672. The van der Waals surface area contributed by atoms with E-state index in [1.807, 2.05) is 0 Å². The van der Waals surface area contributed by atoms with Crippen molar-refractivity contribution in [1.29, 1.82) is 0 Å². The van der Waals surface area contributed by atoms with E-state index in [1.54, 1.807) is 0 Å². The molecule has 0 radical (unpaired) electrons. The third kappa shape index (κ3) is 2.91. The molecule has 14 heavy (non-hydrogen) atoms. The van der Waals surface area contributed by atoms with Crippen molar-refractivity contribution in [2.45, 2.75) is 25.3 Å². The highest BCUT2D eigenvalue weighted by atomic mass is 32.2. The van der Waals surface area contributed by atoms with Crippen molar-refractivity contribution in [2.75, 3.05) is 20.6 Å². The van der Waals surface area contributed by atoms with Gasteiger partial charge in [0.25, 0.3) is 10.2 Å². The molecule has 0 amide bonds. The summed E-state index contributed by atoms with van der Waals surface area (Å²) in [7, 11) is -0.260. The van der Waals surface area contributed by atoms with Crippen molar-refractivity contribution in [2.24, 2.45) is 11.7 Å². The minimum absolute atomic E-state index is 0.153. The van der Waals surface area contributed by atoms with Crippen molar-refractivity contribution < 1.29 is 8.42 Å². The molecule has 0 spiro atoms. The standard InChI is InChI=1S/C8H19N3O2S/c1-11(2)14(12,13)10-6-7-4-3-5-8(7)9/h7-8,10H,3-6,9H2,1-2H3. The third-order valence-electron chi connectivity index (χ3n) is 2.73. The Morgan fingerprint density at radius 2 is 2.07 bits per heavy atom. The molecule has 0 aromatic carbocycles. The summed E-state index contributed by atoms with van der Waals surface area (Å²) in [6.07, 6.45) is 3.14. The number of nitrogens with one attached hydrogen (secondary N) is 1. The smallest absolute Gasteiger partial charge is 0.278 e. The zero-order chi connectivity index (χ0) is 10.8. The largest absolute Gasteiger partial charge is 0.327 e. The maximum atomic E-state index is 11.4. The molecule has 0 aromatic rings. The molecule has 0 bridgehead atoms. The van der Waals surface area contributed by atoms with Gasteiger partial charge in [-0.25, -0.2) is 4.72 Å². The SMILES string of the molecule is CN(C)S(=O)(=O)NCC1CCCC1N. The summed E-state index contributed by atoms with van der Waals surface area (Å²) < 4.78 is 26.5. The molecule has 6 heteroatoms. The Balaban J connectivity index is 2.40. The Kier molecular flexibility index (Phi) is 3.88. The van der Waals surface area contributed by atoms with Gasteiger partial charge in [-0.2, -0.15) is 12.7 Å². The van der Waals surface area contributed by atoms with E-state index in [4.69, 9.17) is 5.73 Å². The van der Waals surface area contributed by atoms with Gasteiger partial charge in [0, 0.05) is 26.7 Å². The Labute approximate surface area is 85.8 Å². The molecule has 0 heterocycles. The molecule has 0 saturated heterocycles. The van der Waals surface area contributed by atoms with E-state index in [0.717, 1.165) is 19.3 Å². The molecule has 0 aliphatic heterocycles. The average molecular weight is 221 g/mol. The van der Waals surface area contributed by atoms with Crippen molar-refractivity contribution in [1.82, 2.24) is 9.03 Å². The molecule has 1 saturated carbocycles. The second-order valence-electron chi connectivity index (χ2n) is 3.99. The maximum Gasteiger partial charge on any atom is 0.278 e. The van der Waals surface area contributed by atoms with Gasteiger partial charge in [-0.1, -0.05) is 6.42 Å². The summed E-state index contributed by atoms with van der Waals surface area (Å²) in [5.74, 6) is 0.296. The average Bonchev–Trinajstić information content (AvgIpc) is 2.47. The number of nitrogens with zero attached hydrogens (tertiary/aromatic N) is 1. The van der Waals surface area contributed by atoms with Crippen LogP contribution in [0.25, 0.3) is 0 Å². The lowest BCUT2D eigenvalue weighted by Gasteiger charge is -2.18. The normalized spacial score (nSPS) is 28.6. The maximum absolute atomic E-state index is 11.4. The van der Waals surface area contributed by atoms with Crippen LogP contribution in [0.3, 0.4) is 0 Å². The van der Waals surface area contributed by atoms with Crippen LogP contribution in [0.4, 0.5) is 0 Å². The molecule has 1 aliphatic rings. The lowest BCUT2D eigenvalue weighted by molar-refractivity contribution is 0.452. The van der Waals surface area contributed by atoms with Crippen LogP contribution in [0.2, 0.25) is 0 Å². The van der Waals surface area contributed by atoms with Crippen LogP contribution in [0.5, 0.6) is 0 Å². The Bertz CT molecular complexity index is 276. The Hall–Kier alpha value is -0.170. The highest BCUT2D eigenvalue weighted by Gasteiger charge is 2.25. The zero-order valence-electron chi connectivity index (χ0n) is 8.73. The van der Waals surface area contributed by atoms with E-state index in [-0.39, 0.29) is 6.04 Å². The van der Waals surface area contributed by atoms with Gasteiger partial charge in [0.05, 0.1) is 0 Å².